The highest BCUT2D eigenvalue weighted by atomic mass is 32.2. The summed E-state index contributed by atoms with van der Waals surface area (Å²) in [4.78, 5) is 14.8. The van der Waals surface area contributed by atoms with Crippen molar-refractivity contribution in [3.63, 3.8) is 0 Å². The van der Waals surface area contributed by atoms with Gasteiger partial charge in [-0.1, -0.05) is 24.8 Å². The second-order valence-electron chi connectivity index (χ2n) is 4.23. The molecule has 0 saturated heterocycles. The first kappa shape index (κ1) is 15.3. The fourth-order valence-corrected chi connectivity index (χ4v) is 2.46. The lowest BCUT2D eigenvalue weighted by Crippen LogP contribution is -2.08. The highest BCUT2D eigenvalue weighted by Gasteiger charge is 2.13. The van der Waals surface area contributed by atoms with Crippen LogP contribution in [0, 0.1) is 0 Å². The molecule has 0 aliphatic heterocycles. The number of aromatic nitrogens is 4. The third-order valence-corrected chi connectivity index (χ3v) is 3.73. The van der Waals surface area contributed by atoms with E-state index in [1.54, 1.807) is 19.4 Å². The number of carboxylic acids is 1. The number of rotatable bonds is 7. The van der Waals surface area contributed by atoms with Crippen LogP contribution in [0.15, 0.2) is 23.5 Å². The maximum Gasteiger partial charge on any atom is 0.313 e. The predicted octanol–water partition coefficient (Wildman–Crippen LogP) is 1.47. The Morgan fingerprint density at radius 1 is 1.43 bits per heavy atom. The van der Waals surface area contributed by atoms with Gasteiger partial charge in [-0.15, -0.1) is 10.2 Å². The van der Waals surface area contributed by atoms with Crippen LogP contribution >= 0.6 is 11.8 Å². The summed E-state index contributed by atoms with van der Waals surface area (Å²) in [6.07, 6.45) is 2.45. The fraction of sp³-hybridized carbons (Fsp3) is 0.385. The van der Waals surface area contributed by atoms with Gasteiger partial charge in [-0.05, 0) is 5.56 Å². The number of hydrogen-bond donors (Lipinski definition) is 1. The lowest BCUT2D eigenvalue weighted by atomic mass is 10.3. The van der Waals surface area contributed by atoms with Crippen LogP contribution in [-0.2, 0) is 17.8 Å². The minimum atomic E-state index is -0.876. The van der Waals surface area contributed by atoms with Crippen molar-refractivity contribution >= 4 is 17.7 Å². The van der Waals surface area contributed by atoms with E-state index in [9.17, 15) is 4.79 Å². The second kappa shape index (κ2) is 7.07. The summed E-state index contributed by atoms with van der Waals surface area (Å²) in [6.45, 7) is 2.54. The van der Waals surface area contributed by atoms with Gasteiger partial charge in [-0.2, -0.15) is 0 Å². The molecule has 1 N–H and O–H groups in total. The van der Waals surface area contributed by atoms with Gasteiger partial charge in [0, 0.05) is 18.7 Å². The average molecular weight is 308 g/mol. The number of ether oxygens (including phenoxy) is 1. The van der Waals surface area contributed by atoms with Gasteiger partial charge in [-0.25, -0.2) is 4.98 Å². The molecule has 0 aromatic carbocycles. The summed E-state index contributed by atoms with van der Waals surface area (Å²) in [5.74, 6) is 0.457. The molecular formula is C13H16N4O3S. The summed E-state index contributed by atoms with van der Waals surface area (Å²) in [6, 6.07) is 3.70. The zero-order valence-electron chi connectivity index (χ0n) is 11.8. The van der Waals surface area contributed by atoms with E-state index in [0.29, 0.717) is 17.6 Å². The summed E-state index contributed by atoms with van der Waals surface area (Å²) in [5.41, 5.74) is 0.975. The lowest BCUT2D eigenvalue weighted by Gasteiger charge is -2.09. The van der Waals surface area contributed by atoms with Gasteiger partial charge in [0.1, 0.15) is 5.82 Å². The predicted molar refractivity (Wildman–Crippen MR) is 77.7 cm³/mol. The third-order valence-electron chi connectivity index (χ3n) is 2.78. The number of pyridine rings is 1. The van der Waals surface area contributed by atoms with Crippen molar-refractivity contribution in [2.75, 3.05) is 12.9 Å². The zero-order chi connectivity index (χ0) is 15.2. The number of carboxylic acid groups (broad SMARTS) is 1. The van der Waals surface area contributed by atoms with Crippen LogP contribution in [0.2, 0.25) is 0 Å². The minimum Gasteiger partial charge on any atom is -0.481 e. The van der Waals surface area contributed by atoms with Crippen molar-refractivity contribution in [2.24, 2.45) is 0 Å². The summed E-state index contributed by atoms with van der Waals surface area (Å²) < 4.78 is 6.94. The molecule has 0 saturated carbocycles. The van der Waals surface area contributed by atoms with Gasteiger partial charge in [0.15, 0.2) is 5.16 Å². The highest BCUT2D eigenvalue weighted by molar-refractivity contribution is 7.99. The number of aliphatic carboxylic acids is 1. The maximum atomic E-state index is 10.7. The van der Waals surface area contributed by atoms with Crippen LogP contribution in [-0.4, -0.2) is 43.7 Å². The Bertz CT molecular complexity index is 612. The van der Waals surface area contributed by atoms with Gasteiger partial charge in [0.25, 0.3) is 0 Å². The second-order valence-corrected chi connectivity index (χ2v) is 5.17. The van der Waals surface area contributed by atoms with Gasteiger partial charge in [-0.3, -0.25) is 4.79 Å². The van der Waals surface area contributed by atoms with E-state index in [1.807, 2.05) is 17.6 Å². The zero-order valence-corrected chi connectivity index (χ0v) is 12.6. The molecule has 2 aromatic heterocycles. The molecule has 0 amide bonds. The van der Waals surface area contributed by atoms with Crippen molar-refractivity contribution in [2.45, 2.75) is 25.0 Å². The molecular weight excluding hydrogens is 292 g/mol. The van der Waals surface area contributed by atoms with E-state index in [2.05, 4.69) is 15.2 Å². The van der Waals surface area contributed by atoms with Crippen LogP contribution in [0.1, 0.15) is 18.3 Å². The standard InChI is InChI=1S/C13H16N4O3S/c1-3-10-15-16-13(21-8-12(18)19)17(10)7-9-4-5-11(20-2)14-6-9/h4-6H,3,7-8H2,1-2H3,(H,18,19). The molecule has 0 aliphatic carbocycles. The summed E-state index contributed by atoms with van der Waals surface area (Å²) >= 11 is 1.16. The van der Waals surface area contributed by atoms with Crippen LogP contribution in [0.4, 0.5) is 0 Å². The monoisotopic (exact) mass is 308 g/mol. The molecule has 0 bridgehead atoms. The lowest BCUT2D eigenvalue weighted by molar-refractivity contribution is -0.133. The van der Waals surface area contributed by atoms with Crippen molar-refractivity contribution in [1.29, 1.82) is 0 Å². The number of nitrogens with zero attached hydrogens (tertiary/aromatic N) is 4. The van der Waals surface area contributed by atoms with E-state index >= 15 is 0 Å². The molecule has 21 heavy (non-hydrogen) atoms. The molecule has 7 nitrogen and oxygen atoms in total. The van der Waals surface area contributed by atoms with Crippen LogP contribution < -0.4 is 4.74 Å². The molecule has 0 spiro atoms. The largest absolute Gasteiger partial charge is 0.481 e. The van der Waals surface area contributed by atoms with Crippen molar-refractivity contribution < 1.29 is 14.6 Å². The molecule has 0 fully saturated rings. The van der Waals surface area contributed by atoms with E-state index in [0.717, 1.165) is 29.6 Å². The van der Waals surface area contributed by atoms with Crippen LogP contribution in [0.25, 0.3) is 0 Å². The Labute approximate surface area is 126 Å². The first-order chi connectivity index (χ1) is 10.1. The van der Waals surface area contributed by atoms with Crippen molar-refractivity contribution in [1.82, 2.24) is 19.7 Å². The normalized spacial score (nSPS) is 10.6. The molecule has 0 aliphatic rings. The van der Waals surface area contributed by atoms with E-state index in [4.69, 9.17) is 9.84 Å². The van der Waals surface area contributed by atoms with Crippen molar-refractivity contribution in [3.05, 3.63) is 29.7 Å². The Balaban J connectivity index is 2.19. The molecule has 0 atom stereocenters. The SMILES string of the molecule is CCc1nnc(SCC(=O)O)n1Cc1ccc(OC)nc1. The minimum absolute atomic E-state index is 0.0390. The van der Waals surface area contributed by atoms with E-state index in [1.165, 1.54) is 0 Å². The Hall–Kier alpha value is -2.09. The van der Waals surface area contributed by atoms with Gasteiger partial charge in [0.05, 0.1) is 19.4 Å². The van der Waals surface area contributed by atoms with Crippen LogP contribution in [0.3, 0.4) is 0 Å². The number of thioether (sulfide) groups is 1. The molecule has 8 heteroatoms. The number of carbonyl (C=O) groups is 1. The first-order valence-corrected chi connectivity index (χ1v) is 7.38. The smallest absolute Gasteiger partial charge is 0.313 e. The highest BCUT2D eigenvalue weighted by Crippen LogP contribution is 2.19. The maximum absolute atomic E-state index is 10.7. The quantitative estimate of drug-likeness (QED) is 0.774. The third kappa shape index (κ3) is 3.94. The Morgan fingerprint density at radius 3 is 2.81 bits per heavy atom. The van der Waals surface area contributed by atoms with Gasteiger partial charge < -0.3 is 14.4 Å². The average Bonchev–Trinajstić information content (AvgIpc) is 2.88. The van der Waals surface area contributed by atoms with Gasteiger partial charge in [0.2, 0.25) is 5.88 Å². The molecule has 2 rings (SSSR count). The van der Waals surface area contributed by atoms with Crippen LogP contribution in [0.5, 0.6) is 5.88 Å². The van der Waals surface area contributed by atoms with Crippen molar-refractivity contribution in [3.8, 4) is 5.88 Å². The summed E-state index contributed by atoms with van der Waals surface area (Å²) in [7, 11) is 1.57. The van der Waals surface area contributed by atoms with E-state index in [-0.39, 0.29) is 5.75 Å². The Morgan fingerprint density at radius 2 is 2.24 bits per heavy atom. The fourth-order valence-electron chi connectivity index (χ4n) is 1.78. The summed E-state index contributed by atoms with van der Waals surface area (Å²) in [5, 5.41) is 17.5. The number of methoxy groups -OCH3 is 1. The molecule has 0 radical (unpaired) electrons. The van der Waals surface area contributed by atoms with E-state index < -0.39 is 5.97 Å². The molecule has 2 aromatic rings. The number of hydrogen-bond acceptors (Lipinski definition) is 6. The molecule has 0 unspecified atom stereocenters. The van der Waals surface area contributed by atoms with Gasteiger partial charge >= 0.3 is 5.97 Å². The molecule has 2 heterocycles. The Kier molecular flexibility index (Phi) is 5.15. The topological polar surface area (TPSA) is 90.1 Å². The number of aryl methyl sites for hydroxylation is 1. The molecule has 112 valence electrons. The first-order valence-electron chi connectivity index (χ1n) is 6.39.